The van der Waals surface area contributed by atoms with Crippen molar-refractivity contribution in [3.8, 4) is 0 Å². The van der Waals surface area contributed by atoms with Gasteiger partial charge in [0.2, 0.25) is 0 Å². The first-order valence-electron chi connectivity index (χ1n) is 6.52. The molecule has 0 aliphatic rings. The van der Waals surface area contributed by atoms with Gasteiger partial charge in [-0.15, -0.1) is 0 Å². The lowest BCUT2D eigenvalue weighted by Crippen LogP contribution is -2.10. The van der Waals surface area contributed by atoms with Crippen molar-refractivity contribution in [3.63, 3.8) is 0 Å². The minimum absolute atomic E-state index is 0.0364. The van der Waals surface area contributed by atoms with Crippen LogP contribution in [0.4, 0.5) is 0 Å². The lowest BCUT2D eigenvalue weighted by atomic mass is 9.96. The Bertz CT molecular complexity index is 251. The monoisotopic (exact) mass is 223 g/mol. The number of unbranched alkanes of at least 4 members (excludes halogenated alkanes) is 1. The van der Waals surface area contributed by atoms with Crippen LogP contribution in [-0.2, 0) is 0 Å². The molecule has 0 amide bonds. The molecule has 94 valence electrons. The Morgan fingerprint density at radius 3 is 2.19 bits per heavy atom. The van der Waals surface area contributed by atoms with E-state index in [2.05, 4.69) is 59.7 Å². The Labute approximate surface area is 102 Å². The van der Waals surface area contributed by atoms with E-state index in [4.69, 9.17) is 0 Å². The van der Waals surface area contributed by atoms with Crippen LogP contribution in [0.1, 0.15) is 67.7 Å². The van der Waals surface area contributed by atoms with Gasteiger partial charge in [0.15, 0.2) is 0 Å². The molecule has 0 fully saturated rings. The van der Waals surface area contributed by atoms with Crippen LogP contribution in [0.15, 0.2) is 16.1 Å². The van der Waals surface area contributed by atoms with Gasteiger partial charge in [-0.3, -0.25) is 4.99 Å². The number of hydrogen-bond donors (Lipinski definition) is 0. The van der Waals surface area contributed by atoms with E-state index in [-0.39, 0.29) is 5.54 Å². The van der Waals surface area contributed by atoms with Gasteiger partial charge >= 0.3 is 0 Å². The van der Waals surface area contributed by atoms with Crippen molar-refractivity contribution in [2.45, 2.75) is 73.3 Å². The maximum absolute atomic E-state index is 4.63. The summed E-state index contributed by atoms with van der Waals surface area (Å²) in [6, 6.07) is 0. The number of hydrogen-bond acceptors (Lipinski definition) is 1. The Hall–Kier alpha value is -0.590. The summed E-state index contributed by atoms with van der Waals surface area (Å²) in [4.78, 5) is 4.63. The SMILES string of the molecule is CCCCC(/C=N/C(C)(C)C)=C(\C)C(C)C. The van der Waals surface area contributed by atoms with Crippen LogP contribution in [0.3, 0.4) is 0 Å². The van der Waals surface area contributed by atoms with Crippen LogP contribution in [0.25, 0.3) is 0 Å². The predicted octanol–water partition coefficient (Wildman–Crippen LogP) is 5.02. The summed E-state index contributed by atoms with van der Waals surface area (Å²) in [5.41, 5.74) is 2.96. The summed E-state index contributed by atoms with van der Waals surface area (Å²) < 4.78 is 0. The van der Waals surface area contributed by atoms with Gasteiger partial charge in [0.25, 0.3) is 0 Å². The van der Waals surface area contributed by atoms with Crippen LogP contribution < -0.4 is 0 Å². The van der Waals surface area contributed by atoms with Gasteiger partial charge < -0.3 is 0 Å². The van der Waals surface area contributed by atoms with Crippen LogP contribution in [-0.4, -0.2) is 11.8 Å². The molecule has 0 spiro atoms. The Morgan fingerprint density at radius 2 is 1.81 bits per heavy atom. The fourth-order valence-corrected chi connectivity index (χ4v) is 1.37. The van der Waals surface area contributed by atoms with Gasteiger partial charge in [-0.25, -0.2) is 0 Å². The molecule has 0 unspecified atom stereocenters. The molecule has 0 aromatic carbocycles. The molecule has 0 rings (SSSR count). The standard InChI is InChI=1S/C15H29N/c1-8-9-10-14(13(4)12(2)3)11-16-15(5,6)7/h11-12H,8-10H2,1-7H3/b14-13-,16-11+. The van der Waals surface area contributed by atoms with Crippen molar-refractivity contribution in [1.29, 1.82) is 0 Å². The van der Waals surface area contributed by atoms with Gasteiger partial charge in [0.05, 0.1) is 5.54 Å². The molecular weight excluding hydrogens is 194 g/mol. The molecule has 1 nitrogen and oxygen atoms in total. The smallest absolute Gasteiger partial charge is 0.0524 e. The van der Waals surface area contributed by atoms with Gasteiger partial charge in [-0.05, 0) is 52.0 Å². The summed E-state index contributed by atoms with van der Waals surface area (Å²) in [5.74, 6) is 0.623. The number of nitrogens with zero attached hydrogens (tertiary/aromatic N) is 1. The zero-order valence-corrected chi connectivity index (χ0v) is 12.2. The highest BCUT2D eigenvalue weighted by molar-refractivity contribution is 5.80. The Balaban J connectivity index is 4.82. The first kappa shape index (κ1) is 15.4. The van der Waals surface area contributed by atoms with E-state index in [1.165, 1.54) is 30.4 Å². The molecule has 0 saturated heterocycles. The Morgan fingerprint density at radius 1 is 1.25 bits per heavy atom. The molecule has 0 bridgehead atoms. The highest BCUT2D eigenvalue weighted by Gasteiger charge is 2.08. The molecule has 1 heteroatoms. The van der Waals surface area contributed by atoms with E-state index in [0.29, 0.717) is 5.92 Å². The first-order chi connectivity index (χ1) is 7.28. The molecule has 0 radical (unpaired) electrons. The van der Waals surface area contributed by atoms with E-state index in [1.54, 1.807) is 0 Å². The lowest BCUT2D eigenvalue weighted by molar-refractivity contribution is 0.585. The van der Waals surface area contributed by atoms with E-state index < -0.39 is 0 Å². The molecule has 0 atom stereocenters. The number of aliphatic imine (C=N–C) groups is 1. The second-order valence-corrected chi connectivity index (χ2v) is 5.90. The average Bonchev–Trinajstić information content (AvgIpc) is 2.15. The molecule has 0 aromatic heterocycles. The second-order valence-electron chi connectivity index (χ2n) is 5.90. The zero-order chi connectivity index (χ0) is 12.8. The molecular formula is C15H29N. The molecule has 0 aromatic rings. The van der Waals surface area contributed by atoms with E-state index in [1.807, 2.05) is 0 Å². The molecule has 0 heterocycles. The summed E-state index contributed by atoms with van der Waals surface area (Å²) in [7, 11) is 0. The maximum Gasteiger partial charge on any atom is 0.0524 e. The average molecular weight is 223 g/mol. The quantitative estimate of drug-likeness (QED) is 0.580. The highest BCUT2D eigenvalue weighted by Crippen LogP contribution is 2.19. The third kappa shape index (κ3) is 6.81. The third-order valence-corrected chi connectivity index (χ3v) is 2.78. The zero-order valence-electron chi connectivity index (χ0n) is 12.2. The number of rotatable bonds is 5. The summed E-state index contributed by atoms with van der Waals surface area (Å²) in [6.45, 7) is 15.4. The fourth-order valence-electron chi connectivity index (χ4n) is 1.37. The normalized spacial score (nSPS) is 14.8. The van der Waals surface area contributed by atoms with Crippen molar-refractivity contribution < 1.29 is 0 Å². The minimum Gasteiger partial charge on any atom is -0.287 e. The largest absolute Gasteiger partial charge is 0.287 e. The molecule has 0 saturated carbocycles. The summed E-state index contributed by atoms with van der Waals surface area (Å²) in [5, 5.41) is 0. The number of allylic oxidation sites excluding steroid dienone is 2. The predicted molar refractivity (Wildman–Crippen MR) is 75.3 cm³/mol. The van der Waals surface area contributed by atoms with Gasteiger partial charge in [0.1, 0.15) is 0 Å². The Kier molecular flexibility index (Phi) is 6.62. The summed E-state index contributed by atoms with van der Waals surface area (Å²) in [6.07, 6.45) is 5.78. The van der Waals surface area contributed by atoms with Crippen LogP contribution >= 0.6 is 0 Å². The van der Waals surface area contributed by atoms with Crippen molar-refractivity contribution in [1.82, 2.24) is 0 Å². The lowest BCUT2D eigenvalue weighted by Gasteiger charge is -2.15. The molecule has 0 aliphatic heterocycles. The maximum atomic E-state index is 4.63. The minimum atomic E-state index is 0.0364. The molecule has 16 heavy (non-hydrogen) atoms. The fraction of sp³-hybridized carbons (Fsp3) is 0.800. The van der Waals surface area contributed by atoms with Gasteiger partial charge in [0, 0.05) is 6.21 Å². The van der Waals surface area contributed by atoms with Crippen molar-refractivity contribution >= 4 is 6.21 Å². The molecule has 0 aliphatic carbocycles. The summed E-state index contributed by atoms with van der Waals surface area (Å²) >= 11 is 0. The van der Waals surface area contributed by atoms with Gasteiger partial charge in [-0.1, -0.05) is 32.8 Å². The van der Waals surface area contributed by atoms with Crippen molar-refractivity contribution in [3.05, 3.63) is 11.1 Å². The van der Waals surface area contributed by atoms with E-state index >= 15 is 0 Å². The second kappa shape index (κ2) is 6.88. The topological polar surface area (TPSA) is 12.4 Å². The van der Waals surface area contributed by atoms with Crippen LogP contribution in [0.2, 0.25) is 0 Å². The third-order valence-electron chi connectivity index (χ3n) is 2.78. The first-order valence-corrected chi connectivity index (χ1v) is 6.52. The van der Waals surface area contributed by atoms with Crippen molar-refractivity contribution in [2.75, 3.05) is 0 Å². The highest BCUT2D eigenvalue weighted by atomic mass is 14.8. The van der Waals surface area contributed by atoms with E-state index in [0.717, 1.165) is 0 Å². The molecule has 0 N–H and O–H groups in total. The van der Waals surface area contributed by atoms with Crippen molar-refractivity contribution in [2.24, 2.45) is 10.9 Å². The van der Waals surface area contributed by atoms with E-state index in [9.17, 15) is 0 Å². The van der Waals surface area contributed by atoms with Crippen LogP contribution in [0.5, 0.6) is 0 Å². The van der Waals surface area contributed by atoms with Crippen LogP contribution in [0, 0.1) is 5.92 Å². The van der Waals surface area contributed by atoms with Gasteiger partial charge in [-0.2, -0.15) is 0 Å².